The first kappa shape index (κ1) is 12.1. The molecule has 1 aromatic heterocycles. The highest BCUT2D eigenvalue weighted by molar-refractivity contribution is 8.00. The number of carbonyl (C=O) groups excluding carboxylic acids is 1. The minimum Gasteiger partial charge on any atom is -0.355 e. The molecule has 0 spiro atoms. The summed E-state index contributed by atoms with van der Waals surface area (Å²) in [6.45, 7) is 4.67. The summed E-state index contributed by atoms with van der Waals surface area (Å²) in [6, 6.07) is 0. The van der Waals surface area contributed by atoms with Crippen molar-refractivity contribution in [1.82, 2.24) is 14.9 Å². The number of amides is 1. The summed E-state index contributed by atoms with van der Waals surface area (Å²) in [5, 5.41) is 3.64. The van der Waals surface area contributed by atoms with Gasteiger partial charge in [0.1, 0.15) is 0 Å². The van der Waals surface area contributed by atoms with Crippen LogP contribution in [0.25, 0.3) is 0 Å². The third-order valence-electron chi connectivity index (χ3n) is 1.98. The number of carbonyl (C=O) groups is 1. The van der Waals surface area contributed by atoms with Crippen molar-refractivity contribution in [2.75, 3.05) is 6.54 Å². The average Bonchev–Trinajstić information content (AvgIpc) is 2.61. The zero-order valence-electron chi connectivity index (χ0n) is 9.36. The summed E-state index contributed by atoms with van der Waals surface area (Å²) in [5.41, 5.74) is 0. The fourth-order valence-electron chi connectivity index (χ4n) is 1.07. The molecule has 0 radical (unpaired) electrons. The number of aryl methyl sites for hydroxylation is 1. The van der Waals surface area contributed by atoms with Crippen LogP contribution in [0.15, 0.2) is 17.6 Å². The maximum absolute atomic E-state index is 11.6. The lowest BCUT2D eigenvalue weighted by molar-refractivity contribution is -0.120. The van der Waals surface area contributed by atoms with E-state index in [1.54, 1.807) is 6.20 Å². The maximum atomic E-state index is 11.6. The molecule has 1 rings (SSSR count). The minimum absolute atomic E-state index is 0.0739. The van der Waals surface area contributed by atoms with Crippen LogP contribution in [0, 0.1) is 0 Å². The molecule has 0 aliphatic heterocycles. The van der Waals surface area contributed by atoms with Crippen LogP contribution < -0.4 is 5.32 Å². The lowest BCUT2D eigenvalue weighted by atomic mass is 10.4. The molecule has 15 heavy (non-hydrogen) atoms. The molecule has 0 saturated heterocycles. The lowest BCUT2D eigenvalue weighted by Crippen LogP contribution is -2.31. The van der Waals surface area contributed by atoms with Gasteiger partial charge in [0.2, 0.25) is 5.91 Å². The van der Waals surface area contributed by atoms with E-state index in [1.165, 1.54) is 11.8 Å². The third kappa shape index (κ3) is 3.58. The van der Waals surface area contributed by atoms with Crippen molar-refractivity contribution < 1.29 is 4.79 Å². The van der Waals surface area contributed by atoms with E-state index in [0.29, 0.717) is 0 Å². The van der Waals surface area contributed by atoms with Gasteiger partial charge in [0.15, 0.2) is 5.16 Å². The highest BCUT2D eigenvalue weighted by atomic mass is 32.2. The summed E-state index contributed by atoms with van der Waals surface area (Å²) in [6.07, 6.45) is 4.57. The normalized spacial score (nSPS) is 12.5. The Labute approximate surface area is 94.5 Å². The van der Waals surface area contributed by atoms with Gasteiger partial charge in [-0.2, -0.15) is 0 Å². The molecule has 1 aromatic rings. The smallest absolute Gasteiger partial charge is 0.233 e. The molecule has 1 N–H and O–H groups in total. The van der Waals surface area contributed by atoms with Crippen molar-refractivity contribution in [3.8, 4) is 0 Å². The molecule has 0 fully saturated rings. The van der Waals surface area contributed by atoms with E-state index < -0.39 is 0 Å². The summed E-state index contributed by atoms with van der Waals surface area (Å²) in [5.74, 6) is 0.0739. The molecule has 0 aliphatic carbocycles. The Morgan fingerprint density at radius 2 is 2.47 bits per heavy atom. The lowest BCUT2D eigenvalue weighted by Gasteiger charge is -2.10. The summed E-state index contributed by atoms with van der Waals surface area (Å²) in [4.78, 5) is 15.7. The molecule has 84 valence electrons. The molecule has 0 aromatic carbocycles. The van der Waals surface area contributed by atoms with Gasteiger partial charge in [-0.25, -0.2) is 4.98 Å². The number of imidazole rings is 1. The van der Waals surface area contributed by atoms with Crippen LogP contribution in [0.2, 0.25) is 0 Å². The second-order valence-corrected chi connectivity index (χ2v) is 4.68. The van der Waals surface area contributed by atoms with Gasteiger partial charge in [0, 0.05) is 26.0 Å². The fourth-order valence-corrected chi connectivity index (χ4v) is 1.92. The fraction of sp³-hybridized carbons (Fsp3) is 0.600. The van der Waals surface area contributed by atoms with Crippen molar-refractivity contribution in [1.29, 1.82) is 0 Å². The maximum Gasteiger partial charge on any atom is 0.233 e. The van der Waals surface area contributed by atoms with Gasteiger partial charge in [-0.05, 0) is 13.3 Å². The van der Waals surface area contributed by atoms with Crippen molar-refractivity contribution in [2.45, 2.75) is 30.7 Å². The van der Waals surface area contributed by atoms with Gasteiger partial charge >= 0.3 is 0 Å². The molecular formula is C10H17N3OS. The van der Waals surface area contributed by atoms with E-state index in [-0.39, 0.29) is 11.2 Å². The first-order valence-electron chi connectivity index (χ1n) is 5.06. The van der Waals surface area contributed by atoms with Crippen LogP contribution in [0.1, 0.15) is 20.3 Å². The number of hydrogen-bond donors (Lipinski definition) is 1. The van der Waals surface area contributed by atoms with Crippen LogP contribution in [0.4, 0.5) is 0 Å². The molecule has 5 heteroatoms. The molecule has 0 bridgehead atoms. The Morgan fingerprint density at radius 1 is 1.73 bits per heavy atom. The quantitative estimate of drug-likeness (QED) is 0.774. The van der Waals surface area contributed by atoms with E-state index in [1.807, 2.05) is 31.7 Å². The van der Waals surface area contributed by atoms with Gasteiger partial charge in [-0.1, -0.05) is 18.7 Å². The van der Waals surface area contributed by atoms with Gasteiger partial charge in [-0.3, -0.25) is 4.79 Å². The molecule has 4 nitrogen and oxygen atoms in total. The van der Waals surface area contributed by atoms with E-state index in [2.05, 4.69) is 10.3 Å². The largest absolute Gasteiger partial charge is 0.355 e. The molecular weight excluding hydrogens is 210 g/mol. The first-order valence-corrected chi connectivity index (χ1v) is 5.94. The van der Waals surface area contributed by atoms with Crippen molar-refractivity contribution >= 4 is 17.7 Å². The number of hydrogen-bond acceptors (Lipinski definition) is 3. The zero-order chi connectivity index (χ0) is 11.3. The second-order valence-electron chi connectivity index (χ2n) is 3.37. The zero-order valence-corrected chi connectivity index (χ0v) is 10.2. The van der Waals surface area contributed by atoms with E-state index >= 15 is 0 Å². The Balaban J connectivity index is 2.45. The summed E-state index contributed by atoms with van der Waals surface area (Å²) in [7, 11) is 1.92. The van der Waals surface area contributed by atoms with E-state index in [4.69, 9.17) is 0 Å². The number of nitrogens with one attached hydrogen (secondary N) is 1. The van der Waals surface area contributed by atoms with Gasteiger partial charge < -0.3 is 9.88 Å². The molecule has 0 saturated carbocycles. The second kappa shape index (κ2) is 5.80. The monoisotopic (exact) mass is 227 g/mol. The van der Waals surface area contributed by atoms with Gasteiger partial charge in [0.25, 0.3) is 0 Å². The Morgan fingerprint density at radius 3 is 3.00 bits per heavy atom. The highest BCUT2D eigenvalue weighted by Crippen LogP contribution is 2.20. The number of aromatic nitrogens is 2. The van der Waals surface area contributed by atoms with Crippen LogP contribution >= 0.6 is 11.8 Å². The molecule has 1 atom stereocenters. The summed E-state index contributed by atoms with van der Waals surface area (Å²) < 4.78 is 1.91. The average molecular weight is 227 g/mol. The molecule has 1 heterocycles. The Kier molecular flexibility index (Phi) is 4.68. The predicted molar refractivity (Wildman–Crippen MR) is 61.8 cm³/mol. The third-order valence-corrected chi connectivity index (χ3v) is 3.15. The number of nitrogens with zero attached hydrogens (tertiary/aromatic N) is 2. The van der Waals surface area contributed by atoms with Crippen LogP contribution in [-0.4, -0.2) is 27.3 Å². The SMILES string of the molecule is CCCNC(=O)[C@H](C)Sc1nccn1C. The Bertz CT molecular complexity index is 324. The summed E-state index contributed by atoms with van der Waals surface area (Å²) >= 11 is 1.48. The Hall–Kier alpha value is -0.970. The van der Waals surface area contributed by atoms with E-state index in [0.717, 1.165) is 18.1 Å². The van der Waals surface area contributed by atoms with Crippen LogP contribution in [-0.2, 0) is 11.8 Å². The van der Waals surface area contributed by atoms with E-state index in [9.17, 15) is 4.79 Å². The molecule has 0 unspecified atom stereocenters. The number of rotatable bonds is 5. The van der Waals surface area contributed by atoms with Crippen molar-refractivity contribution in [3.05, 3.63) is 12.4 Å². The first-order chi connectivity index (χ1) is 7.15. The number of thioether (sulfide) groups is 1. The standard InChI is InChI=1S/C10H17N3OS/c1-4-5-11-9(14)8(2)15-10-12-6-7-13(10)3/h6-8H,4-5H2,1-3H3,(H,11,14)/t8-/m0/s1. The highest BCUT2D eigenvalue weighted by Gasteiger charge is 2.15. The molecule has 0 aliphatic rings. The topological polar surface area (TPSA) is 46.9 Å². The van der Waals surface area contributed by atoms with Crippen LogP contribution in [0.3, 0.4) is 0 Å². The minimum atomic E-state index is -0.0994. The van der Waals surface area contributed by atoms with Gasteiger partial charge in [0.05, 0.1) is 5.25 Å². The van der Waals surface area contributed by atoms with Crippen molar-refractivity contribution in [3.63, 3.8) is 0 Å². The van der Waals surface area contributed by atoms with Crippen LogP contribution in [0.5, 0.6) is 0 Å². The predicted octanol–water partition coefficient (Wildman–Crippen LogP) is 1.43. The van der Waals surface area contributed by atoms with Crippen molar-refractivity contribution in [2.24, 2.45) is 7.05 Å². The van der Waals surface area contributed by atoms with Gasteiger partial charge in [-0.15, -0.1) is 0 Å². The molecule has 1 amide bonds.